The number of nitrogens with zero attached hydrogens (tertiary/aromatic N) is 2. The van der Waals surface area contributed by atoms with Gasteiger partial charge in [0.2, 0.25) is 0 Å². The first kappa shape index (κ1) is 7.19. The first-order valence-electron chi connectivity index (χ1n) is 2.69. The molecule has 1 heterocycles. The molecule has 1 atom stereocenters. The van der Waals surface area contributed by atoms with Crippen LogP contribution in [0.15, 0.2) is 10.9 Å². The summed E-state index contributed by atoms with van der Waals surface area (Å²) in [7, 11) is 1.49. The number of ether oxygens (including phenoxy) is 1. The van der Waals surface area contributed by atoms with Crippen LogP contribution >= 0.6 is 11.3 Å². The number of hydrogen-bond donors (Lipinski definition) is 0. The van der Waals surface area contributed by atoms with Crippen LogP contribution in [-0.4, -0.2) is 12.1 Å². The Labute approximate surface area is 62.9 Å². The van der Waals surface area contributed by atoms with Crippen molar-refractivity contribution in [3.05, 3.63) is 16.6 Å². The van der Waals surface area contributed by atoms with Crippen LogP contribution in [0.2, 0.25) is 0 Å². The summed E-state index contributed by atoms with van der Waals surface area (Å²) in [6.07, 6.45) is -0.508. The highest BCUT2D eigenvalue weighted by molar-refractivity contribution is 7.07. The molecule has 3 nitrogen and oxygen atoms in total. The summed E-state index contributed by atoms with van der Waals surface area (Å²) in [6.45, 7) is 0. The van der Waals surface area contributed by atoms with E-state index in [4.69, 9.17) is 10.00 Å². The predicted octanol–water partition coefficient (Wildman–Crippen LogP) is 1.35. The Morgan fingerprint density at radius 1 is 1.90 bits per heavy atom. The molecule has 1 aromatic heterocycles. The molecule has 0 aromatic carbocycles. The molecule has 1 rings (SSSR count). The molecule has 0 saturated heterocycles. The molecular formula is C6H6N2OS. The van der Waals surface area contributed by atoms with Gasteiger partial charge in [0.15, 0.2) is 6.10 Å². The van der Waals surface area contributed by atoms with Crippen molar-refractivity contribution < 1.29 is 4.74 Å². The van der Waals surface area contributed by atoms with E-state index in [0.717, 1.165) is 0 Å². The lowest BCUT2D eigenvalue weighted by molar-refractivity contribution is 0.145. The normalized spacial score (nSPS) is 12.4. The molecule has 0 amide bonds. The molecule has 1 aromatic rings. The van der Waals surface area contributed by atoms with Crippen LogP contribution in [0.25, 0.3) is 0 Å². The Hall–Kier alpha value is -0.920. The minimum absolute atomic E-state index is 0.508. The minimum atomic E-state index is -0.508. The lowest BCUT2D eigenvalue weighted by Gasteiger charge is -2.00. The van der Waals surface area contributed by atoms with Gasteiger partial charge in [0.1, 0.15) is 6.07 Å². The van der Waals surface area contributed by atoms with Crippen LogP contribution < -0.4 is 0 Å². The number of hydrogen-bond acceptors (Lipinski definition) is 4. The molecule has 10 heavy (non-hydrogen) atoms. The predicted molar refractivity (Wildman–Crippen MR) is 37.5 cm³/mol. The second-order valence-electron chi connectivity index (χ2n) is 1.66. The third-order valence-electron chi connectivity index (χ3n) is 1.07. The third-order valence-corrected chi connectivity index (χ3v) is 1.68. The molecule has 0 saturated carbocycles. The van der Waals surface area contributed by atoms with Crippen LogP contribution in [-0.2, 0) is 4.74 Å². The van der Waals surface area contributed by atoms with E-state index in [1.807, 2.05) is 6.07 Å². The number of methoxy groups -OCH3 is 1. The zero-order valence-corrected chi connectivity index (χ0v) is 6.26. The van der Waals surface area contributed by atoms with Gasteiger partial charge in [-0.25, -0.2) is 4.98 Å². The van der Waals surface area contributed by atoms with Gasteiger partial charge in [-0.3, -0.25) is 0 Å². The number of thiazole rings is 1. The van der Waals surface area contributed by atoms with Gasteiger partial charge in [-0.15, -0.1) is 11.3 Å². The largest absolute Gasteiger partial charge is 0.360 e. The second-order valence-corrected chi connectivity index (χ2v) is 2.38. The maximum absolute atomic E-state index is 8.49. The van der Waals surface area contributed by atoms with Crippen LogP contribution in [0.4, 0.5) is 0 Å². The van der Waals surface area contributed by atoms with Crippen molar-refractivity contribution in [3.63, 3.8) is 0 Å². The average Bonchev–Trinajstić information content (AvgIpc) is 2.43. The van der Waals surface area contributed by atoms with Gasteiger partial charge in [-0.2, -0.15) is 5.26 Å². The zero-order valence-electron chi connectivity index (χ0n) is 5.44. The Morgan fingerprint density at radius 2 is 2.70 bits per heavy atom. The highest BCUT2D eigenvalue weighted by Gasteiger charge is 2.09. The first-order valence-corrected chi connectivity index (χ1v) is 3.63. The lowest BCUT2D eigenvalue weighted by Crippen LogP contribution is -1.97. The standard InChI is InChI=1S/C6H6N2OS/c1-9-6(2-7)5-3-10-4-8-5/h3-4,6H,1H3. The maximum atomic E-state index is 8.49. The molecule has 0 N–H and O–H groups in total. The van der Waals surface area contributed by atoms with Gasteiger partial charge in [0.05, 0.1) is 11.2 Å². The highest BCUT2D eigenvalue weighted by Crippen LogP contribution is 2.14. The summed E-state index contributed by atoms with van der Waals surface area (Å²) in [5.41, 5.74) is 2.37. The van der Waals surface area contributed by atoms with Crippen LogP contribution in [0, 0.1) is 11.3 Å². The highest BCUT2D eigenvalue weighted by atomic mass is 32.1. The first-order chi connectivity index (χ1) is 4.88. The molecule has 0 aliphatic rings. The summed E-state index contributed by atoms with van der Waals surface area (Å²) in [5, 5.41) is 10.3. The molecule has 4 heteroatoms. The number of aromatic nitrogens is 1. The maximum Gasteiger partial charge on any atom is 0.186 e. The van der Waals surface area contributed by atoms with E-state index in [2.05, 4.69) is 4.98 Å². The van der Waals surface area contributed by atoms with Crippen LogP contribution in [0.1, 0.15) is 11.8 Å². The van der Waals surface area contributed by atoms with Crippen molar-refractivity contribution >= 4 is 11.3 Å². The number of nitriles is 1. The summed E-state index contributed by atoms with van der Waals surface area (Å²) in [4.78, 5) is 3.93. The van der Waals surface area contributed by atoms with Gasteiger partial charge in [0, 0.05) is 12.5 Å². The average molecular weight is 154 g/mol. The second kappa shape index (κ2) is 3.30. The Kier molecular flexibility index (Phi) is 2.37. The SMILES string of the molecule is COC(C#N)c1cscn1. The van der Waals surface area contributed by atoms with E-state index in [-0.39, 0.29) is 0 Å². The molecule has 0 aliphatic heterocycles. The van der Waals surface area contributed by atoms with Gasteiger partial charge >= 0.3 is 0 Å². The van der Waals surface area contributed by atoms with Crippen LogP contribution in [0.3, 0.4) is 0 Å². The Morgan fingerprint density at radius 3 is 3.10 bits per heavy atom. The van der Waals surface area contributed by atoms with Gasteiger partial charge < -0.3 is 4.74 Å². The van der Waals surface area contributed by atoms with E-state index in [9.17, 15) is 0 Å². The molecule has 0 fully saturated rings. The Bertz CT molecular complexity index is 226. The molecule has 52 valence electrons. The van der Waals surface area contributed by atoms with E-state index in [0.29, 0.717) is 5.69 Å². The molecule has 1 unspecified atom stereocenters. The number of rotatable bonds is 2. The zero-order chi connectivity index (χ0) is 7.40. The quantitative estimate of drug-likeness (QED) is 0.646. The fourth-order valence-corrected chi connectivity index (χ4v) is 1.16. The fraction of sp³-hybridized carbons (Fsp3) is 0.333. The van der Waals surface area contributed by atoms with Gasteiger partial charge in [-0.1, -0.05) is 0 Å². The van der Waals surface area contributed by atoms with Gasteiger partial charge in [-0.05, 0) is 0 Å². The molecule has 0 aliphatic carbocycles. The van der Waals surface area contributed by atoms with Crippen molar-refractivity contribution in [2.75, 3.05) is 7.11 Å². The summed E-state index contributed by atoms with van der Waals surface area (Å²) in [5.74, 6) is 0. The fourth-order valence-electron chi connectivity index (χ4n) is 0.591. The smallest absolute Gasteiger partial charge is 0.186 e. The van der Waals surface area contributed by atoms with E-state index >= 15 is 0 Å². The van der Waals surface area contributed by atoms with Crippen molar-refractivity contribution in [2.45, 2.75) is 6.10 Å². The van der Waals surface area contributed by atoms with E-state index in [1.54, 1.807) is 10.9 Å². The summed E-state index contributed by atoms with van der Waals surface area (Å²) in [6, 6.07) is 1.98. The van der Waals surface area contributed by atoms with Crippen LogP contribution in [0.5, 0.6) is 0 Å². The molecule has 0 radical (unpaired) electrons. The Balaban J connectivity index is 2.76. The summed E-state index contributed by atoms with van der Waals surface area (Å²) < 4.78 is 4.83. The lowest BCUT2D eigenvalue weighted by atomic mass is 10.3. The minimum Gasteiger partial charge on any atom is -0.360 e. The topological polar surface area (TPSA) is 45.9 Å². The van der Waals surface area contributed by atoms with Crippen molar-refractivity contribution in [2.24, 2.45) is 0 Å². The molecular weight excluding hydrogens is 148 g/mol. The van der Waals surface area contributed by atoms with E-state index < -0.39 is 6.10 Å². The van der Waals surface area contributed by atoms with Gasteiger partial charge in [0.25, 0.3) is 0 Å². The van der Waals surface area contributed by atoms with Crippen molar-refractivity contribution in [1.82, 2.24) is 4.98 Å². The monoisotopic (exact) mass is 154 g/mol. The van der Waals surface area contributed by atoms with Crippen molar-refractivity contribution in [1.29, 1.82) is 5.26 Å². The third kappa shape index (κ3) is 1.32. The van der Waals surface area contributed by atoms with E-state index in [1.165, 1.54) is 18.4 Å². The molecule has 0 bridgehead atoms. The van der Waals surface area contributed by atoms with Crippen molar-refractivity contribution in [3.8, 4) is 6.07 Å². The molecule has 0 spiro atoms. The summed E-state index contributed by atoms with van der Waals surface area (Å²) >= 11 is 1.46.